The molecule has 0 heterocycles. The third-order valence-electron chi connectivity index (χ3n) is 1.74. The van der Waals surface area contributed by atoms with Crippen LogP contribution in [0.4, 0.5) is 13.2 Å². The van der Waals surface area contributed by atoms with Gasteiger partial charge in [-0.3, -0.25) is 0 Å². The molecule has 0 bridgehead atoms. The quantitative estimate of drug-likeness (QED) is 0.675. The van der Waals surface area contributed by atoms with E-state index >= 15 is 0 Å². The zero-order chi connectivity index (χ0) is 10.8. The van der Waals surface area contributed by atoms with Gasteiger partial charge in [-0.25, -0.2) is 0 Å². The van der Waals surface area contributed by atoms with Crippen molar-refractivity contribution in [3.8, 4) is 0 Å². The van der Waals surface area contributed by atoms with Crippen molar-refractivity contribution < 1.29 is 13.2 Å². The molecular formula is C10H11F3S. The van der Waals surface area contributed by atoms with Crippen molar-refractivity contribution in [2.75, 3.05) is 5.75 Å². The van der Waals surface area contributed by atoms with Crippen LogP contribution in [-0.4, -0.2) is 5.75 Å². The van der Waals surface area contributed by atoms with E-state index in [0.717, 1.165) is 0 Å². The fourth-order valence-corrected chi connectivity index (χ4v) is 1.95. The molecule has 0 atom stereocenters. The van der Waals surface area contributed by atoms with Gasteiger partial charge in [0, 0.05) is 4.90 Å². The van der Waals surface area contributed by atoms with Crippen LogP contribution in [0.1, 0.15) is 18.1 Å². The van der Waals surface area contributed by atoms with E-state index in [9.17, 15) is 13.2 Å². The molecular weight excluding hydrogens is 209 g/mol. The van der Waals surface area contributed by atoms with Gasteiger partial charge in [0.15, 0.2) is 0 Å². The van der Waals surface area contributed by atoms with Gasteiger partial charge in [-0.1, -0.05) is 18.6 Å². The van der Waals surface area contributed by atoms with Crippen LogP contribution in [0.15, 0.2) is 23.1 Å². The molecule has 0 unspecified atom stereocenters. The van der Waals surface area contributed by atoms with Crippen molar-refractivity contribution in [3.63, 3.8) is 0 Å². The van der Waals surface area contributed by atoms with Crippen molar-refractivity contribution in [1.82, 2.24) is 0 Å². The summed E-state index contributed by atoms with van der Waals surface area (Å²) >= 11 is 1.22. The maximum atomic E-state index is 12.5. The first-order valence-corrected chi connectivity index (χ1v) is 5.24. The van der Waals surface area contributed by atoms with Crippen molar-refractivity contribution in [3.05, 3.63) is 29.3 Å². The van der Waals surface area contributed by atoms with Gasteiger partial charge in [0.1, 0.15) is 0 Å². The smallest absolute Gasteiger partial charge is 0.166 e. The Morgan fingerprint density at radius 3 is 2.43 bits per heavy atom. The van der Waals surface area contributed by atoms with E-state index in [1.807, 2.05) is 6.92 Å². The van der Waals surface area contributed by atoms with Gasteiger partial charge in [-0.2, -0.15) is 13.2 Å². The first-order valence-electron chi connectivity index (χ1n) is 4.25. The summed E-state index contributed by atoms with van der Waals surface area (Å²) in [4.78, 5) is 0.311. The van der Waals surface area contributed by atoms with Gasteiger partial charge >= 0.3 is 6.18 Å². The Balaban J connectivity index is 3.16. The van der Waals surface area contributed by atoms with Crippen molar-refractivity contribution in [2.24, 2.45) is 0 Å². The highest BCUT2D eigenvalue weighted by Crippen LogP contribution is 2.36. The molecule has 0 spiro atoms. The maximum Gasteiger partial charge on any atom is 0.417 e. The number of aryl methyl sites for hydroxylation is 1. The maximum absolute atomic E-state index is 12.5. The lowest BCUT2D eigenvalue weighted by molar-refractivity contribution is -0.139. The van der Waals surface area contributed by atoms with Crippen LogP contribution < -0.4 is 0 Å². The van der Waals surface area contributed by atoms with Gasteiger partial charge < -0.3 is 0 Å². The van der Waals surface area contributed by atoms with Crippen molar-refractivity contribution in [1.29, 1.82) is 0 Å². The molecule has 1 rings (SSSR count). The lowest BCUT2D eigenvalue weighted by Crippen LogP contribution is -2.07. The van der Waals surface area contributed by atoms with E-state index in [-0.39, 0.29) is 0 Å². The lowest BCUT2D eigenvalue weighted by Gasteiger charge is -2.12. The van der Waals surface area contributed by atoms with E-state index in [2.05, 4.69) is 0 Å². The molecule has 1 aromatic rings. The summed E-state index contributed by atoms with van der Waals surface area (Å²) in [5, 5.41) is 0. The standard InChI is InChI=1S/C10H11F3S/c1-3-14-9-5-4-7(2)6-8(9)10(11,12)13/h4-6H,3H2,1-2H3. The zero-order valence-corrected chi connectivity index (χ0v) is 8.80. The third kappa shape index (κ3) is 2.67. The predicted octanol–water partition coefficient (Wildman–Crippen LogP) is 4.13. The predicted molar refractivity (Wildman–Crippen MR) is 52.6 cm³/mol. The number of rotatable bonds is 2. The summed E-state index contributed by atoms with van der Waals surface area (Å²) in [5.74, 6) is 0.645. The Bertz CT molecular complexity index is 318. The largest absolute Gasteiger partial charge is 0.417 e. The Kier molecular flexibility index (Phi) is 3.48. The summed E-state index contributed by atoms with van der Waals surface area (Å²) in [5.41, 5.74) is 0.113. The van der Waals surface area contributed by atoms with E-state index in [0.29, 0.717) is 16.2 Å². The van der Waals surface area contributed by atoms with Crippen LogP contribution in [0.25, 0.3) is 0 Å². The summed E-state index contributed by atoms with van der Waals surface area (Å²) < 4.78 is 37.6. The van der Waals surface area contributed by atoms with E-state index < -0.39 is 11.7 Å². The monoisotopic (exact) mass is 220 g/mol. The Morgan fingerprint density at radius 2 is 1.93 bits per heavy atom. The van der Waals surface area contributed by atoms with Gasteiger partial charge in [0.2, 0.25) is 0 Å². The van der Waals surface area contributed by atoms with Crippen LogP contribution in [0.5, 0.6) is 0 Å². The van der Waals surface area contributed by atoms with E-state index in [1.165, 1.54) is 23.9 Å². The second kappa shape index (κ2) is 4.26. The second-order valence-electron chi connectivity index (χ2n) is 2.93. The third-order valence-corrected chi connectivity index (χ3v) is 2.70. The molecule has 14 heavy (non-hydrogen) atoms. The molecule has 0 fully saturated rings. The van der Waals surface area contributed by atoms with Gasteiger partial charge in [-0.15, -0.1) is 11.8 Å². The Morgan fingerprint density at radius 1 is 1.29 bits per heavy atom. The number of halogens is 3. The van der Waals surface area contributed by atoms with Crippen LogP contribution in [0.2, 0.25) is 0 Å². The van der Waals surface area contributed by atoms with Crippen LogP contribution in [-0.2, 0) is 6.18 Å². The summed E-state index contributed by atoms with van der Waals surface area (Å²) in [6.45, 7) is 3.50. The molecule has 0 aliphatic rings. The molecule has 0 aromatic heterocycles. The highest BCUT2D eigenvalue weighted by atomic mass is 32.2. The number of hydrogen-bond donors (Lipinski definition) is 0. The number of hydrogen-bond acceptors (Lipinski definition) is 1. The molecule has 78 valence electrons. The van der Waals surface area contributed by atoms with Crippen LogP contribution >= 0.6 is 11.8 Å². The molecule has 1 aromatic carbocycles. The average molecular weight is 220 g/mol. The highest BCUT2D eigenvalue weighted by molar-refractivity contribution is 7.99. The van der Waals surface area contributed by atoms with E-state index in [4.69, 9.17) is 0 Å². The zero-order valence-electron chi connectivity index (χ0n) is 7.98. The minimum Gasteiger partial charge on any atom is -0.166 e. The first kappa shape index (κ1) is 11.4. The molecule has 0 N–H and O–H groups in total. The molecule has 0 aliphatic carbocycles. The average Bonchev–Trinajstić information content (AvgIpc) is 2.07. The molecule has 0 saturated heterocycles. The minimum atomic E-state index is -4.25. The first-order chi connectivity index (χ1) is 6.45. The fourth-order valence-electron chi connectivity index (χ4n) is 1.15. The molecule has 4 heteroatoms. The Labute approximate surface area is 85.5 Å². The van der Waals surface area contributed by atoms with E-state index in [1.54, 1.807) is 13.0 Å². The minimum absolute atomic E-state index is 0.311. The number of benzene rings is 1. The SMILES string of the molecule is CCSc1ccc(C)cc1C(F)(F)F. The molecule has 0 aliphatic heterocycles. The number of thioether (sulfide) groups is 1. The van der Waals surface area contributed by atoms with Crippen LogP contribution in [0.3, 0.4) is 0 Å². The number of alkyl halides is 3. The topological polar surface area (TPSA) is 0 Å². The fraction of sp³-hybridized carbons (Fsp3) is 0.400. The molecule has 0 saturated carbocycles. The van der Waals surface area contributed by atoms with Crippen molar-refractivity contribution in [2.45, 2.75) is 24.9 Å². The molecule has 0 radical (unpaired) electrons. The molecule has 0 amide bonds. The summed E-state index contributed by atoms with van der Waals surface area (Å²) in [6, 6.07) is 4.43. The van der Waals surface area contributed by atoms with Gasteiger partial charge in [0.05, 0.1) is 5.56 Å². The highest BCUT2D eigenvalue weighted by Gasteiger charge is 2.33. The lowest BCUT2D eigenvalue weighted by atomic mass is 10.1. The second-order valence-corrected chi connectivity index (χ2v) is 4.24. The van der Waals surface area contributed by atoms with Crippen molar-refractivity contribution >= 4 is 11.8 Å². The normalized spacial score (nSPS) is 11.8. The summed E-state index contributed by atoms with van der Waals surface area (Å²) in [6.07, 6.45) is -4.25. The van der Waals surface area contributed by atoms with Crippen LogP contribution in [0, 0.1) is 6.92 Å². The summed E-state index contributed by atoms with van der Waals surface area (Å²) in [7, 11) is 0. The van der Waals surface area contributed by atoms with Gasteiger partial charge in [-0.05, 0) is 24.8 Å². The molecule has 0 nitrogen and oxygen atoms in total. The Hall–Kier alpha value is -0.640. The van der Waals surface area contributed by atoms with Gasteiger partial charge in [0.25, 0.3) is 0 Å².